The quantitative estimate of drug-likeness (QED) is 0.698. The monoisotopic (exact) mass is 357 g/mol. The van der Waals surface area contributed by atoms with Crippen molar-refractivity contribution >= 4 is 40.1 Å². The smallest absolute Gasteiger partial charge is 0.374 e. The van der Waals surface area contributed by atoms with Crippen LogP contribution in [-0.2, 0) is 9.53 Å². The molecule has 0 unspecified atom stereocenters. The first-order chi connectivity index (χ1) is 11.9. The van der Waals surface area contributed by atoms with E-state index >= 15 is 0 Å². The van der Waals surface area contributed by atoms with Crippen LogP contribution in [0, 0.1) is 13.8 Å². The van der Waals surface area contributed by atoms with E-state index < -0.39 is 18.5 Å². The van der Waals surface area contributed by atoms with Gasteiger partial charge in [0.15, 0.2) is 6.61 Å². The van der Waals surface area contributed by atoms with E-state index in [0.717, 1.165) is 11.1 Å². The fourth-order valence-electron chi connectivity index (χ4n) is 2.39. The lowest BCUT2D eigenvalue weighted by molar-refractivity contribution is -0.119. The molecule has 0 fully saturated rings. The third-order valence-corrected chi connectivity index (χ3v) is 4.13. The minimum absolute atomic E-state index is 0.0248. The highest BCUT2D eigenvalue weighted by Gasteiger charge is 2.16. The van der Waals surface area contributed by atoms with Gasteiger partial charge in [0.1, 0.15) is 5.58 Å². The maximum atomic E-state index is 12.0. The molecule has 1 N–H and O–H groups in total. The number of amides is 1. The lowest BCUT2D eigenvalue weighted by atomic mass is 10.1. The molecule has 1 aromatic heterocycles. The fraction of sp³-hybridized carbons (Fsp3) is 0.158. The normalized spacial score (nSPS) is 10.7. The van der Waals surface area contributed by atoms with E-state index in [2.05, 4.69) is 5.32 Å². The molecule has 0 atom stereocenters. The number of esters is 1. The second-order valence-electron chi connectivity index (χ2n) is 5.66. The number of rotatable bonds is 4. The Balaban J connectivity index is 1.63. The van der Waals surface area contributed by atoms with Crippen LogP contribution in [0.2, 0.25) is 5.02 Å². The van der Waals surface area contributed by atoms with Crippen molar-refractivity contribution < 1.29 is 18.7 Å². The van der Waals surface area contributed by atoms with Crippen molar-refractivity contribution in [3.63, 3.8) is 0 Å². The van der Waals surface area contributed by atoms with Crippen LogP contribution in [-0.4, -0.2) is 18.5 Å². The summed E-state index contributed by atoms with van der Waals surface area (Å²) in [6.45, 7) is 3.47. The predicted octanol–water partition coefficient (Wildman–Crippen LogP) is 4.50. The number of carbonyl (C=O) groups is 2. The first-order valence-electron chi connectivity index (χ1n) is 7.66. The summed E-state index contributed by atoms with van der Waals surface area (Å²) in [7, 11) is 0. The Bertz CT molecular complexity index is 961. The number of hydrogen-bond donors (Lipinski definition) is 1. The Kier molecular flexibility index (Phi) is 4.76. The largest absolute Gasteiger partial charge is 0.450 e. The summed E-state index contributed by atoms with van der Waals surface area (Å²) in [6, 6.07) is 12.2. The third-order valence-electron chi connectivity index (χ3n) is 3.89. The Labute approximate surface area is 149 Å². The molecule has 0 saturated carbocycles. The van der Waals surface area contributed by atoms with Crippen LogP contribution in [0.15, 0.2) is 46.9 Å². The molecule has 3 aromatic rings. The van der Waals surface area contributed by atoms with Crippen molar-refractivity contribution in [3.05, 3.63) is 64.4 Å². The Hall–Kier alpha value is -2.79. The average molecular weight is 358 g/mol. The second kappa shape index (κ2) is 6.99. The summed E-state index contributed by atoms with van der Waals surface area (Å²) < 4.78 is 10.4. The van der Waals surface area contributed by atoms with Gasteiger partial charge in [0.05, 0.1) is 0 Å². The molecule has 0 aliphatic rings. The molecule has 0 spiro atoms. The van der Waals surface area contributed by atoms with Crippen molar-refractivity contribution in [1.29, 1.82) is 0 Å². The molecule has 25 heavy (non-hydrogen) atoms. The van der Waals surface area contributed by atoms with E-state index in [4.69, 9.17) is 20.8 Å². The van der Waals surface area contributed by atoms with E-state index in [9.17, 15) is 9.59 Å². The molecule has 2 aromatic carbocycles. The maximum Gasteiger partial charge on any atom is 0.374 e. The molecule has 1 heterocycles. The van der Waals surface area contributed by atoms with Gasteiger partial charge in [0.25, 0.3) is 5.91 Å². The summed E-state index contributed by atoms with van der Waals surface area (Å²) in [4.78, 5) is 24.0. The lowest BCUT2D eigenvalue weighted by Gasteiger charge is -2.10. The van der Waals surface area contributed by atoms with Gasteiger partial charge in [-0.15, -0.1) is 0 Å². The number of aryl methyl sites for hydroxylation is 1. The van der Waals surface area contributed by atoms with Gasteiger partial charge in [-0.05, 0) is 55.3 Å². The SMILES string of the molecule is Cc1cccc(NC(=O)COC(=O)c2cc3cc(Cl)ccc3o2)c1C. The van der Waals surface area contributed by atoms with Gasteiger partial charge < -0.3 is 14.5 Å². The number of ether oxygens (including phenoxy) is 1. The molecular weight excluding hydrogens is 342 g/mol. The molecule has 3 rings (SSSR count). The first kappa shape index (κ1) is 17.0. The molecule has 0 aliphatic heterocycles. The molecular formula is C19H16ClNO4. The summed E-state index contributed by atoms with van der Waals surface area (Å²) in [5.74, 6) is -1.10. The molecule has 0 bridgehead atoms. The van der Waals surface area contributed by atoms with E-state index in [0.29, 0.717) is 21.7 Å². The number of benzene rings is 2. The molecule has 0 radical (unpaired) electrons. The minimum Gasteiger partial charge on any atom is -0.450 e. The number of furan rings is 1. The fourth-order valence-corrected chi connectivity index (χ4v) is 2.57. The topological polar surface area (TPSA) is 68.5 Å². The standard InChI is InChI=1S/C19H16ClNO4/c1-11-4-3-5-15(12(11)2)21-18(22)10-24-19(23)17-9-13-8-14(20)6-7-16(13)25-17/h3-9H,10H2,1-2H3,(H,21,22). The number of carbonyl (C=O) groups excluding carboxylic acids is 2. The van der Waals surface area contributed by atoms with Crippen LogP contribution in [0.5, 0.6) is 0 Å². The van der Waals surface area contributed by atoms with E-state index in [1.165, 1.54) is 6.07 Å². The predicted molar refractivity (Wildman–Crippen MR) is 96.1 cm³/mol. The first-order valence-corrected chi connectivity index (χ1v) is 8.04. The minimum atomic E-state index is -0.705. The van der Waals surface area contributed by atoms with Crippen LogP contribution in [0.1, 0.15) is 21.7 Å². The van der Waals surface area contributed by atoms with E-state index in [-0.39, 0.29) is 5.76 Å². The number of fused-ring (bicyclic) bond motifs is 1. The highest BCUT2D eigenvalue weighted by Crippen LogP contribution is 2.23. The second-order valence-corrected chi connectivity index (χ2v) is 6.10. The number of nitrogens with one attached hydrogen (secondary N) is 1. The Morgan fingerprint density at radius 3 is 2.76 bits per heavy atom. The summed E-state index contributed by atoms with van der Waals surface area (Å²) in [5.41, 5.74) is 3.25. The lowest BCUT2D eigenvalue weighted by Crippen LogP contribution is -2.21. The Morgan fingerprint density at radius 1 is 1.16 bits per heavy atom. The number of hydrogen-bond acceptors (Lipinski definition) is 4. The molecule has 0 saturated heterocycles. The zero-order chi connectivity index (χ0) is 18.0. The zero-order valence-electron chi connectivity index (χ0n) is 13.8. The zero-order valence-corrected chi connectivity index (χ0v) is 14.5. The van der Waals surface area contributed by atoms with Gasteiger partial charge in [0.2, 0.25) is 5.76 Å². The van der Waals surface area contributed by atoms with Gasteiger partial charge in [-0.25, -0.2) is 4.79 Å². The van der Waals surface area contributed by atoms with Gasteiger partial charge in [-0.2, -0.15) is 0 Å². The van der Waals surface area contributed by atoms with Gasteiger partial charge in [0, 0.05) is 16.1 Å². The Morgan fingerprint density at radius 2 is 1.96 bits per heavy atom. The van der Waals surface area contributed by atoms with Crippen LogP contribution in [0.3, 0.4) is 0 Å². The van der Waals surface area contributed by atoms with E-state index in [1.54, 1.807) is 24.3 Å². The highest BCUT2D eigenvalue weighted by molar-refractivity contribution is 6.31. The van der Waals surface area contributed by atoms with Crippen LogP contribution in [0.25, 0.3) is 11.0 Å². The number of anilines is 1. The average Bonchev–Trinajstić information content (AvgIpc) is 3.00. The van der Waals surface area contributed by atoms with Crippen molar-refractivity contribution in [2.24, 2.45) is 0 Å². The summed E-state index contributed by atoms with van der Waals surface area (Å²) >= 11 is 5.90. The van der Waals surface area contributed by atoms with Gasteiger partial charge in [-0.3, -0.25) is 4.79 Å². The molecule has 6 heteroatoms. The molecule has 0 aliphatic carbocycles. The van der Waals surface area contributed by atoms with Crippen LogP contribution >= 0.6 is 11.6 Å². The molecule has 128 valence electrons. The van der Waals surface area contributed by atoms with Crippen LogP contribution in [0.4, 0.5) is 5.69 Å². The summed E-state index contributed by atoms with van der Waals surface area (Å²) in [5, 5.41) is 3.96. The number of halogens is 1. The molecule has 1 amide bonds. The van der Waals surface area contributed by atoms with Crippen molar-refractivity contribution in [1.82, 2.24) is 0 Å². The van der Waals surface area contributed by atoms with Crippen molar-refractivity contribution in [2.75, 3.05) is 11.9 Å². The van der Waals surface area contributed by atoms with Crippen LogP contribution < -0.4 is 5.32 Å². The van der Waals surface area contributed by atoms with Crippen molar-refractivity contribution in [2.45, 2.75) is 13.8 Å². The van der Waals surface area contributed by atoms with E-state index in [1.807, 2.05) is 26.0 Å². The third kappa shape index (κ3) is 3.83. The summed E-state index contributed by atoms with van der Waals surface area (Å²) in [6.07, 6.45) is 0. The van der Waals surface area contributed by atoms with Gasteiger partial charge >= 0.3 is 5.97 Å². The van der Waals surface area contributed by atoms with Gasteiger partial charge in [-0.1, -0.05) is 23.7 Å². The van der Waals surface area contributed by atoms with Crippen molar-refractivity contribution in [3.8, 4) is 0 Å². The molecule has 5 nitrogen and oxygen atoms in total. The maximum absolute atomic E-state index is 12.0. The highest BCUT2D eigenvalue weighted by atomic mass is 35.5.